The first kappa shape index (κ1) is 11.4. The van der Waals surface area contributed by atoms with Gasteiger partial charge in [0.05, 0.1) is 6.61 Å². The van der Waals surface area contributed by atoms with Gasteiger partial charge in [-0.1, -0.05) is 0 Å². The second-order valence-corrected chi connectivity index (χ2v) is 2.75. The van der Waals surface area contributed by atoms with Crippen molar-refractivity contribution in [2.24, 2.45) is 0 Å². The van der Waals surface area contributed by atoms with Crippen LogP contribution in [0.2, 0.25) is 0 Å². The molecule has 0 radical (unpaired) electrons. The number of rotatable bonds is 3. The maximum absolute atomic E-state index is 13.0. The molecule has 0 aliphatic heterocycles. The number of carbonyl (C=O) groups excluding carboxylic acids is 1. The SMILES string of the molecule is CCOC(=O)C=Cc1ccc(F)cc1F. The van der Waals surface area contributed by atoms with Gasteiger partial charge in [-0.05, 0) is 25.1 Å². The van der Waals surface area contributed by atoms with E-state index < -0.39 is 17.6 Å². The van der Waals surface area contributed by atoms with E-state index in [1.807, 2.05) is 0 Å². The Kier molecular flexibility index (Phi) is 3.97. The molecule has 1 aromatic rings. The summed E-state index contributed by atoms with van der Waals surface area (Å²) in [5, 5.41) is 0. The third-order valence-corrected chi connectivity index (χ3v) is 1.65. The number of hydrogen-bond donors (Lipinski definition) is 0. The van der Waals surface area contributed by atoms with Gasteiger partial charge in [0, 0.05) is 17.7 Å². The first-order valence-corrected chi connectivity index (χ1v) is 4.43. The molecule has 0 fully saturated rings. The summed E-state index contributed by atoms with van der Waals surface area (Å²) >= 11 is 0. The van der Waals surface area contributed by atoms with Crippen LogP contribution in [0.5, 0.6) is 0 Å². The zero-order chi connectivity index (χ0) is 11.3. The van der Waals surface area contributed by atoms with Crippen LogP contribution in [-0.2, 0) is 9.53 Å². The van der Waals surface area contributed by atoms with E-state index in [-0.39, 0.29) is 12.2 Å². The van der Waals surface area contributed by atoms with Crippen molar-refractivity contribution in [2.45, 2.75) is 6.92 Å². The molecule has 0 N–H and O–H groups in total. The molecule has 0 saturated heterocycles. The Morgan fingerprint density at radius 1 is 1.47 bits per heavy atom. The zero-order valence-electron chi connectivity index (χ0n) is 8.17. The van der Waals surface area contributed by atoms with Crippen molar-refractivity contribution in [1.29, 1.82) is 0 Å². The highest BCUT2D eigenvalue weighted by Crippen LogP contribution is 2.10. The molecule has 0 atom stereocenters. The quantitative estimate of drug-likeness (QED) is 0.568. The normalized spacial score (nSPS) is 10.6. The van der Waals surface area contributed by atoms with E-state index in [0.717, 1.165) is 18.2 Å². The molecule has 0 aliphatic rings. The molecule has 0 heterocycles. The molecule has 0 aromatic heterocycles. The molecule has 1 aromatic carbocycles. The van der Waals surface area contributed by atoms with Crippen LogP contribution in [0.15, 0.2) is 24.3 Å². The fraction of sp³-hybridized carbons (Fsp3) is 0.182. The third kappa shape index (κ3) is 3.50. The van der Waals surface area contributed by atoms with Crippen molar-refractivity contribution < 1.29 is 18.3 Å². The molecule has 15 heavy (non-hydrogen) atoms. The smallest absolute Gasteiger partial charge is 0.330 e. The first-order chi connectivity index (χ1) is 7.13. The second-order valence-electron chi connectivity index (χ2n) is 2.75. The van der Waals surface area contributed by atoms with Crippen LogP contribution in [0.4, 0.5) is 8.78 Å². The van der Waals surface area contributed by atoms with Crippen molar-refractivity contribution in [1.82, 2.24) is 0 Å². The monoisotopic (exact) mass is 212 g/mol. The minimum atomic E-state index is -0.712. The number of ether oxygens (including phenoxy) is 1. The van der Waals surface area contributed by atoms with Gasteiger partial charge in [0.1, 0.15) is 11.6 Å². The number of hydrogen-bond acceptors (Lipinski definition) is 2. The average molecular weight is 212 g/mol. The van der Waals surface area contributed by atoms with Crippen LogP contribution in [0.1, 0.15) is 12.5 Å². The Morgan fingerprint density at radius 2 is 2.20 bits per heavy atom. The van der Waals surface area contributed by atoms with Gasteiger partial charge in [-0.3, -0.25) is 0 Å². The van der Waals surface area contributed by atoms with E-state index >= 15 is 0 Å². The predicted molar refractivity (Wildman–Crippen MR) is 52.0 cm³/mol. The van der Waals surface area contributed by atoms with Gasteiger partial charge in [0.15, 0.2) is 0 Å². The Hall–Kier alpha value is -1.71. The van der Waals surface area contributed by atoms with Crippen LogP contribution in [0, 0.1) is 11.6 Å². The standard InChI is InChI=1S/C11H10F2O2/c1-2-15-11(14)6-4-8-3-5-9(12)7-10(8)13/h3-7H,2H2,1H3. The summed E-state index contributed by atoms with van der Waals surface area (Å²) in [7, 11) is 0. The maximum Gasteiger partial charge on any atom is 0.330 e. The first-order valence-electron chi connectivity index (χ1n) is 4.43. The van der Waals surface area contributed by atoms with Gasteiger partial charge >= 0.3 is 5.97 Å². The summed E-state index contributed by atoms with van der Waals surface area (Å²) in [5.74, 6) is -1.92. The fourth-order valence-electron chi connectivity index (χ4n) is 0.985. The summed E-state index contributed by atoms with van der Waals surface area (Å²) < 4.78 is 30.2. The molecule has 80 valence electrons. The van der Waals surface area contributed by atoms with E-state index in [4.69, 9.17) is 0 Å². The minimum Gasteiger partial charge on any atom is -0.463 e. The van der Waals surface area contributed by atoms with Crippen LogP contribution in [0.3, 0.4) is 0 Å². The van der Waals surface area contributed by atoms with E-state index in [0.29, 0.717) is 0 Å². The molecule has 0 spiro atoms. The fourth-order valence-corrected chi connectivity index (χ4v) is 0.985. The van der Waals surface area contributed by atoms with Crippen LogP contribution in [0.25, 0.3) is 6.08 Å². The van der Waals surface area contributed by atoms with Gasteiger partial charge in [0.2, 0.25) is 0 Å². The van der Waals surface area contributed by atoms with E-state index in [2.05, 4.69) is 4.74 Å². The average Bonchev–Trinajstić information content (AvgIpc) is 2.17. The lowest BCUT2D eigenvalue weighted by Gasteiger charge is -1.97. The van der Waals surface area contributed by atoms with Crippen LogP contribution in [-0.4, -0.2) is 12.6 Å². The Morgan fingerprint density at radius 3 is 2.80 bits per heavy atom. The van der Waals surface area contributed by atoms with E-state index in [9.17, 15) is 13.6 Å². The molecule has 0 aliphatic carbocycles. The molecule has 4 heteroatoms. The number of benzene rings is 1. The van der Waals surface area contributed by atoms with E-state index in [1.54, 1.807) is 6.92 Å². The van der Waals surface area contributed by atoms with Gasteiger partial charge < -0.3 is 4.74 Å². The molecule has 0 unspecified atom stereocenters. The summed E-state index contributed by atoms with van der Waals surface area (Å²) in [6, 6.07) is 3.12. The van der Waals surface area contributed by atoms with Gasteiger partial charge in [0.25, 0.3) is 0 Å². The minimum absolute atomic E-state index is 0.143. The van der Waals surface area contributed by atoms with Crippen molar-refractivity contribution >= 4 is 12.0 Å². The molecule has 0 amide bonds. The van der Waals surface area contributed by atoms with Crippen molar-refractivity contribution in [3.63, 3.8) is 0 Å². The number of esters is 1. The lowest BCUT2D eigenvalue weighted by Crippen LogP contribution is -1.98. The summed E-state index contributed by atoms with van der Waals surface area (Å²) in [6.45, 7) is 1.93. The van der Waals surface area contributed by atoms with Crippen LogP contribution < -0.4 is 0 Å². The van der Waals surface area contributed by atoms with E-state index in [1.165, 1.54) is 12.1 Å². The third-order valence-electron chi connectivity index (χ3n) is 1.65. The zero-order valence-corrected chi connectivity index (χ0v) is 8.17. The number of carbonyl (C=O) groups is 1. The second kappa shape index (κ2) is 5.24. The highest BCUT2D eigenvalue weighted by Gasteiger charge is 2.01. The summed E-state index contributed by atoms with van der Waals surface area (Å²) in [5.41, 5.74) is 0.143. The molecule has 0 bridgehead atoms. The molecular weight excluding hydrogens is 202 g/mol. The molecular formula is C11H10F2O2. The Bertz CT molecular complexity index is 386. The lowest BCUT2D eigenvalue weighted by atomic mass is 10.2. The van der Waals surface area contributed by atoms with Crippen molar-refractivity contribution in [2.75, 3.05) is 6.61 Å². The molecule has 1 rings (SSSR count). The van der Waals surface area contributed by atoms with Gasteiger partial charge in [-0.15, -0.1) is 0 Å². The Balaban J connectivity index is 2.76. The van der Waals surface area contributed by atoms with Crippen molar-refractivity contribution in [3.05, 3.63) is 41.5 Å². The van der Waals surface area contributed by atoms with Crippen LogP contribution >= 0.6 is 0 Å². The molecule has 0 saturated carbocycles. The lowest BCUT2D eigenvalue weighted by molar-refractivity contribution is -0.137. The largest absolute Gasteiger partial charge is 0.463 e. The molecule has 2 nitrogen and oxygen atoms in total. The van der Waals surface area contributed by atoms with Gasteiger partial charge in [-0.2, -0.15) is 0 Å². The summed E-state index contributed by atoms with van der Waals surface area (Å²) in [4.78, 5) is 10.9. The highest BCUT2D eigenvalue weighted by molar-refractivity contribution is 5.87. The number of halogens is 2. The highest BCUT2D eigenvalue weighted by atomic mass is 19.1. The summed E-state index contributed by atoms with van der Waals surface area (Å²) in [6.07, 6.45) is 2.34. The topological polar surface area (TPSA) is 26.3 Å². The Labute approximate surface area is 86.2 Å². The maximum atomic E-state index is 13.0. The van der Waals surface area contributed by atoms with Gasteiger partial charge in [-0.25, -0.2) is 13.6 Å². The van der Waals surface area contributed by atoms with Crippen molar-refractivity contribution in [3.8, 4) is 0 Å². The predicted octanol–water partition coefficient (Wildman–Crippen LogP) is 2.54.